The van der Waals surface area contributed by atoms with Crippen LogP contribution in [0.15, 0.2) is 40.9 Å². The lowest BCUT2D eigenvalue weighted by molar-refractivity contribution is 0.298. The van der Waals surface area contributed by atoms with E-state index in [1.165, 1.54) is 0 Å². The van der Waals surface area contributed by atoms with Gasteiger partial charge in [0.05, 0.1) is 12.8 Å². The summed E-state index contributed by atoms with van der Waals surface area (Å²) >= 11 is 9.28. The molecule has 2 aromatic rings. The predicted octanol–water partition coefficient (Wildman–Crippen LogP) is 4.17. The summed E-state index contributed by atoms with van der Waals surface area (Å²) in [6.45, 7) is 0.389. The van der Waals surface area contributed by atoms with Crippen molar-refractivity contribution in [2.75, 3.05) is 7.11 Å². The number of hydrogen-bond acceptors (Lipinski definition) is 3. The van der Waals surface area contributed by atoms with E-state index in [1.807, 2.05) is 30.3 Å². The third kappa shape index (κ3) is 3.85. The van der Waals surface area contributed by atoms with Crippen LogP contribution in [0.1, 0.15) is 11.3 Å². The van der Waals surface area contributed by atoms with Crippen LogP contribution in [0.3, 0.4) is 0 Å². The van der Waals surface area contributed by atoms with Gasteiger partial charge in [0.15, 0.2) is 0 Å². The molecule has 0 atom stereocenters. The van der Waals surface area contributed by atoms with Crippen LogP contribution < -0.4 is 9.47 Å². The third-order valence-corrected chi connectivity index (χ3v) is 3.60. The van der Waals surface area contributed by atoms with Crippen LogP contribution in [0.25, 0.3) is 0 Å². The quantitative estimate of drug-likeness (QED) is 0.764. The zero-order valence-electron chi connectivity index (χ0n) is 10.4. The van der Waals surface area contributed by atoms with Gasteiger partial charge in [-0.2, -0.15) is 0 Å². The van der Waals surface area contributed by atoms with E-state index in [2.05, 4.69) is 20.9 Å². The molecule has 0 aliphatic heterocycles. The highest BCUT2D eigenvalue weighted by molar-refractivity contribution is 9.10. The van der Waals surface area contributed by atoms with Crippen LogP contribution in [-0.2, 0) is 12.5 Å². The molecule has 0 fully saturated rings. The van der Waals surface area contributed by atoms with Gasteiger partial charge in [0.25, 0.3) is 0 Å². The summed E-state index contributed by atoms with van der Waals surface area (Å²) < 4.78 is 11.7. The number of rotatable bonds is 5. The average molecular weight is 343 g/mol. The standard InChI is InChI=1S/C14H13BrClNO2/c1-18-14-4-2-3-11(17-14)9-19-12-5-6-13(15)10(7-12)8-16/h2-7H,8-9H2,1H3. The molecular weight excluding hydrogens is 330 g/mol. The van der Waals surface area contributed by atoms with Crippen molar-refractivity contribution in [2.45, 2.75) is 12.5 Å². The number of alkyl halides is 1. The maximum atomic E-state index is 5.85. The number of benzene rings is 1. The number of halogens is 2. The van der Waals surface area contributed by atoms with Gasteiger partial charge in [0, 0.05) is 16.4 Å². The molecule has 100 valence electrons. The number of ether oxygens (including phenoxy) is 2. The minimum absolute atomic E-state index is 0.389. The van der Waals surface area contributed by atoms with Crippen molar-refractivity contribution in [1.82, 2.24) is 4.98 Å². The van der Waals surface area contributed by atoms with Gasteiger partial charge in [-0.15, -0.1) is 11.6 Å². The fourth-order valence-corrected chi connectivity index (χ4v) is 2.32. The lowest BCUT2D eigenvalue weighted by Crippen LogP contribution is -1.99. The molecule has 0 saturated heterocycles. The van der Waals surface area contributed by atoms with Crippen molar-refractivity contribution in [3.8, 4) is 11.6 Å². The van der Waals surface area contributed by atoms with E-state index >= 15 is 0 Å². The maximum absolute atomic E-state index is 5.85. The molecule has 1 aromatic heterocycles. The number of hydrogen-bond donors (Lipinski definition) is 0. The van der Waals surface area contributed by atoms with Gasteiger partial charge in [0.1, 0.15) is 12.4 Å². The van der Waals surface area contributed by atoms with E-state index in [0.717, 1.165) is 21.5 Å². The van der Waals surface area contributed by atoms with E-state index in [-0.39, 0.29) is 0 Å². The highest BCUT2D eigenvalue weighted by atomic mass is 79.9. The van der Waals surface area contributed by atoms with Crippen molar-refractivity contribution in [2.24, 2.45) is 0 Å². The number of nitrogens with zero attached hydrogens (tertiary/aromatic N) is 1. The molecule has 2 rings (SSSR count). The van der Waals surface area contributed by atoms with E-state index in [1.54, 1.807) is 13.2 Å². The molecule has 0 aliphatic carbocycles. The molecular formula is C14H13BrClNO2. The van der Waals surface area contributed by atoms with Crippen LogP contribution in [0, 0.1) is 0 Å². The Morgan fingerprint density at radius 1 is 1.26 bits per heavy atom. The van der Waals surface area contributed by atoms with Gasteiger partial charge in [-0.05, 0) is 29.8 Å². The Morgan fingerprint density at radius 2 is 2.11 bits per heavy atom. The van der Waals surface area contributed by atoms with E-state index in [4.69, 9.17) is 21.1 Å². The zero-order chi connectivity index (χ0) is 13.7. The van der Waals surface area contributed by atoms with E-state index in [0.29, 0.717) is 18.4 Å². The second-order valence-corrected chi connectivity index (χ2v) is 4.97. The zero-order valence-corrected chi connectivity index (χ0v) is 12.7. The van der Waals surface area contributed by atoms with Crippen molar-refractivity contribution < 1.29 is 9.47 Å². The first-order valence-corrected chi connectivity index (χ1v) is 7.03. The van der Waals surface area contributed by atoms with Crippen LogP contribution in [-0.4, -0.2) is 12.1 Å². The topological polar surface area (TPSA) is 31.4 Å². The number of aromatic nitrogens is 1. The SMILES string of the molecule is COc1cccc(COc2ccc(Br)c(CCl)c2)n1. The molecule has 19 heavy (non-hydrogen) atoms. The third-order valence-electron chi connectivity index (χ3n) is 2.54. The van der Waals surface area contributed by atoms with Crippen LogP contribution >= 0.6 is 27.5 Å². The minimum atomic E-state index is 0.389. The molecule has 0 radical (unpaired) electrons. The largest absolute Gasteiger partial charge is 0.487 e. The molecule has 1 aromatic carbocycles. The van der Waals surface area contributed by atoms with Crippen molar-refractivity contribution in [3.05, 3.63) is 52.1 Å². The van der Waals surface area contributed by atoms with E-state index < -0.39 is 0 Å². The average Bonchev–Trinajstić information content (AvgIpc) is 2.46. The summed E-state index contributed by atoms with van der Waals surface area (Å²) in [5.74, 6) is 1.79. The van der Waals surface area contributed by atoms with Gasteiger partial charge >= 0.3 is 0 Å². The molecule has 5 heteroatoms. The van der Waals surface area contributed by atoms with Crippen molar-refractivity contribution in [3.63, 3.8) is 0 Å². The van der Waals surface area contributed by atoms with E-state index in [9.17, 15) is 0 Å². The maximum Gasteiger partial charge on any atom is 0.213 e. The van der Waals surface area contributed by atoms with Crippen molar-refractivity contribution >= 4 is 27.5 Å². The van der Waals surface area contributed by atoms with Gasteiger partial charge in [-0.1, -0.05) is 22.0 Å². The van der Waals surface area contributed by atoms with Crippen LogP contribution in [0.4, 0.5) is 0 Å². The molecule has 0 amide bonds. The second kappa shape index (κ2) is 6.78. The highest BCUT2D eigenvalue weighted by Gasteiger charge is 2.03. The first-order valence-electron chi connectivity index (χ1n) is 5.70. The lowest BCUT2D eigenvalue weighted by atomic mass is 10.2. The summed E-state index contributed by atoms with van der Waals surface area (Å²) in [6, 6.07) is 11.3. The Balaban J connectivity index is 2.05. The number of methoxy groups -OCH3 is 1. The van der Waals surface area contributed by atoms with Gasteiger partial charge in [-0.3, -0.25) is 0 Å². The first-order chi connectivity index (χ1) is 9.22. The summed E-state index contributed by atoms with van der Waals surface area (Å²) in [5.41, 5.74) is 1.81. The molecule has 3 nitrogen and oxygen atoms in total. The Kier molecular flexibility index (Phi) is 5.05. The Bertz CT molecular complexity index is 563. The number of pyridine rings is 1. The summed E-state index contributed by atoms with van der Waals surface area (Å²) in [7, 11) is 1.59. The molecule has 0 bridgehead atoms. The summed E-state index contributed by atoms with van der Waals surface area (Å²) in [6.07, 6.45) is 0. The van der Waals surface area contributed by atoms with Gasteiger partial charge in [0.2, 0.25) is 5.88 Å². The lowest BCUT2D eigenvalue weighted by Gasteiger charge is -2.08. The van der Waals surface area contributed by atoms with Gasteiger partial charge < -0.3 is 9.47 Å². The fraction of sp³-hybridized carbons (Fsp3) is 0.214. The Morgan fingerprint density at radius 3 is 2.84 bits per heavy atom. The van der Waals surface area contributed by atoms with Crippen molar-refractivity contribution in [1.29, 1.82) is 0 Å². The summed E-state index contributed by atoms with van der Waals surface area (Å²) in [4.78, 5) is 4.28. The predicted molar refractivity (Wildman–Crippen MR) is 78.8 cm³/mol. The monoisotopic (exact) mass is 341 g/mol. The minimum Gasteiger partial charge on any atom is -0.487 e. The molecule has 0 spiro atoms. The highest BCUT2D eigenvalue weighted by Crippen LogP contribution is 2.24. The molecule has 0 N–H and O–H groups in total. The molecule has 0 aliphatic rings. The smallest absolute Gasteiger partial charge is 0.213 e. The van der Waals surface area contributed by atoms with Crippen LogP contribution in [0.2, 0.25) is 0 Å². The Labute approximate surface area is 125 Å². The second-order valence-electron chi connectivity index (χ2n) is 3.85. The molecule has 0 saturated carbocycles. The Hall–Kier alpha value is -1.26. The fourth-order valence-electron chi connectivity index (χ4n) is 1.55. The van der Waals surface area contributed by atoms with Crippen LogP contribution in [0.5, 0.6) is 11.6 Å². The molecule has 0 unspecified atom stereocenters. The normalized spacial score (nSPS) is 10.3. The summed E-state index contributed by atoms with van der Waals surface area (Å²) in [5, 5.41) is 0. The molecule has 1 heterocycles. The van der Waals surface area contributed by atoms with Gasteiger partial charge in [-0.25, -0.2) is 4.98 Å². The first kappa shape index (κ1) is 14.2.